The van der Waals surface area contributed by atoms with Crippen LogP contribution < -0.4 is 5.32 Å². The summed E-state index contributed by atoms with van der Waals surface area (Å²) in [5.74, 6) is 0.825. The molecule has 3 rings (SSSR count). The second-order valence-corrected chi connectivity index (χ2v) is 7.84. The number of pyridine rings is 2. The molecule has 6 heteroatoms. The van der Waals surface area contributed by atoms with Gasteiger partial charge in [0, 0.05) is 25.2 Å². The molecule has 2 aromatic heterocycles. The third kappa shape index (κ3) is 4.33. The Balaban J connectivity index is 1.86. The Morgan fingerprint density at radius 1 is 1.27 bits per heavy atom. The van der Waals surface area contributed by atoms with Gasteiger partial charge in [-0.2, -0.15) is 0 Å². The fourth-order valence-electron chi connectivity index (χ4n) is 3.80. The summed E-state index contributed by atoms with van der Waals surface area (Å²) in [4.78, 5) is 23.6. The van der Waals surface area contributed by atoms with Gasteiger partial charge in [0.05, 0.1) is 16.8 Å². The minimum absolute atomic E-state index is 0.0740. The van der Waals surface area contributed by atoms with E-state index in [2.05, 4.69) is 34.3 Å². The minimum Gasteiger partial charge on any atom is -0.380 e. The second kappa shape index (κ2) is 8.31. The molecule has 2 heterocycles. The molecule has 0 saturated heterocycles. The van der Waals surface area contributed by atoms with Gasteiger partial charge < -0.3 is 10.2 Å². The number of hydrogen-bond acceptors (Lipinski definition) is 5. The van der Waals surface area contributed by atoms with Crippen LogP contribution in [0.25, 0.3) is 11.0 Å². The molecule has 0 amide bonds. The number of aromatic nitrogens is 2. The Labute approximate surface area is 160 Å². The lowest BCUT2D eigenvalue weighted by molar-refractivity contribution is 0.0988. The number of hydrogen-bond donors (Lipinski definition) is 1. The van der Waals surface area contributed by atoms with E-state index >= 15 is 0 Å². The summed E-state index contributed by atoms with van der Waals surface area (Å²) >= 11 is 6.11. The van der Waals surface area contributed by atoms with Gasteiger partial charge in [-0.3, -0.25) is 9.78 Å². The van der Waals surface area contributed by atoms with Gasteiger partial charge >= 0.3 is 0 Å². The molecular weight excluding hydrogens is 348 g/mol. The molecular formula is C20H27ClN4O. The molecule has 1 aliphatic rings. The Kier molecular flexibility index (Phi) is 6.09. The smallest absolute Gasteiger partial charge is 0.166 e. The van der Waals surface area contributed by atoms with Gasteiger partial charge in [0.1, 0.15) is 10.7 Å². The maximum Gasteiger partial charge on any atom is 0.166 e. The van der Waals surface area contributed by atoms with E-state index in [4.69, 9.17) is 11.6 Å². The lowest BCUT2D eigenvalue weighted by Gasteiger charge is -2.31. The fourth-order valence-corrected chi connectivity index (χ4v) is 3.95. The second-order valence-electron chi connectivity index (χ2n) is 7.45. The van der Waals surface area contributed by atoms with E-state index in [1.807, 2.05) is 13.0 Å². The van der Waals surface area contributed by atoms with Gasteiger partial charge in [-0.05, 0) is 57.8 Å². The average molecular weight is 375 g/mol. The number of carbonyl (C=O) groups is 1. The minimum atomic E-state index is 0.0740. The van der Waals surface area contributed by atoms with Crippen molar-refractivity contribution >= 4 is 34.1 Å². The first kappa shape index (κ1) is 19.1. The van der Waals surface area contributed by atoms with E-state index in [1.165, 1.54) is 12.8 Å². The van der Waals surface area contributed by atoms with Crippen LogP contribution in [0.5, 0.6) is 0 Å². The summed E-state index contributed by atoms with van der Waals surface area (Å²) in [5.41, 5.74) is 2.85. The van der Waals surface area contributed by atoms with Crippen LogP contribution in [0.15, 0.2) is 18.3 Å². The molecule has 26 heavy (non-hydrogen) atoms. The number of Topliss-reactive ketones (excluding diaryl/α,β-unsaturated/α-hetero) is 1. The molecule has 0 unspecified atom stereocenters. The van der Waals surface area contributed by atoms with Gasteiger partial charge in [0.2, 0.25) is 0 Å². The molecule has 1 aliphatic carbocycles. The predicted octanol–water partition coefficient (Wildman–Crippen LogP) is 4.41. The van der Waals surface area contributed by atoms with E-state index in [0.29, 0.717) is 28.7 Å². The van der Waals surface area contributed by atoms with Crippen molar-refractivity contribution in [3.05, 3.63) is 29.0 Å². The molecule has 1 fully saturated rings. The highest BCUT2D eigenvalue weighted by Crippen LogP contribution is 2.32. The number of ketones is 1. The van der Waals surface area contributed by atoms with Crippen LogP contribution in [0.2, 0.25) is 5.15 Å². The van der Waals surface area contributed by atoms with Crippen LogP contribution in [0.3, 0.4) is 0 Å². The van der Waals surface area contributed by atoms with Gasteiger partial charge in [0.25, 0.3) is 0 Å². The van der Waals surface area contributed by atoms with Crippen LogP contribution >= 0.6 is 11.6 Å². The quantitative estimate of drug-likeness (QED) is 0.599. The van der Waals surface area contributed by atoms with E-state index in [0.717, 1.165) is 36.5 Å². The summed E-state index contributed by atoms with van der Waals surface area (Å²) in [6.07, 6.45) is 6.71. The Morgan fingerprint density at radius 2 is 2.00 bits per heavy atom. The summed E-state index contributed by atoms with van der Waals surface area (Å²) in [5, 5.41) is 4.03. The zero-order chi connectivity index (χ0) is 18.7. The molecule has 0 aliphatic heterocycles. The molecule has 2 aromatic rings. The number of halogens is 1. The number of nitrogens with zero attached hydrogens (tertiary/aromatic N) is 3. The summed E-state index contributed by atoms with van der Waals surface area (Å²) in [6, 6.07) is 3.93. The van der Waals surface area contributed by atoms with Gasteiger partial charge in [-0.25, -0.2) is 4.98 Å². The van der Waals surface area contributed by atoms with Crippen molar-refractivity contribution < 1.29 is 4.79 Å². The number of rotatable bonds is 6. The van der Waals surface area contributed by atoms with E-state index in [1.54, 1.807) is 12.3 Å². The van der Waals surface area contributed by atoms with Crippen molar-refractivity contribution in [2.24, 2.45) is 5.92 Å². The molecule has 0 bridgehead atoms. The first-order valence-corrected chi connectivity index (χ1v) is 9.75. The van der Waals surface area contributed by atoms with Gasteiger partial charge in [0.15, 0.2) is 5.78 Å². The first-order valence-electron chi connectivity index (χ1n) is 9.37. The zero-order valence-corrected chi connectivity index (χ0v) is 16.5. The number of anilines is 1. The molecule has 1 saturated carbocycles. The monoisotopic (exact) mass is 374 g/mol. The lowest BCUT2D eigenvalue weighted by atomic mass is 9.85. The maximum absolute atomic E-state index is 12.4. The summed E-state index contributed by atoms with van der Waals surface area (Å²) in [7, 11) is 4.26. The molecule has 0 atom stereocenters. The van der Waals surface area contributed by atoms with Crippen molar-refractivity contribution in [2.45, 2.75) is 45.1 Å². The van der Waals surface area contributed by atoms with Crippen LogP contribution in [0.1, 0.15) is 49.4 Å². The van der Waals surface area contributed by atoms with Crippen LogP contribution in [0.4, 0.5) is 5.69 Å². The highest BCUT2D eigenvalue weighted by molar-refractivity contribution is 6.30. The molecule has 5 nitrogen and oxygen atoms in total. The molecule has 140 valence electrons. The lowest BCUT2D eigenvalue weighted by Crippen LogP contribution is -2.31. The third-order valence-electron chi connectivity index (χ3n) is 5.12. The van der Waals surface area contributed by atoms with Crippen LogP contribution in [0, 0.1) is 5.92 Å². The van der Waals surface area contributed by atoms with Crippen molar-refractivity contribution in [3.8, 4) is 0 Å². The van der Waals surface area contributed by atoms with Crippen LogP contribution in [-0.2, 0) is 0 Å². The normalized spacial score (nSPS) is 20.5. The number of carbonyl (C=O) groups excluding carboxylic acids is 1. The van der Waals surface area contributed by atoms with Gasteiger partial charge in [-0.15, -0.1) is 0 Å². The van der Waals surface area contributed by atoms with Crippen molar-refractivity contribution in [1.29, 1.82) is 0 Å². The fraction of sp³-hybridized carbons (Fsp3) is 0.550. The molecule has 0 spiro atoms. The predicted molar refractivity (Wildman–Crippen MR) is 107 cm³/mol. The van der Waals surface area contributed by atoms with E-state index in [-0.39, 0.29) is 5.78 Å². The third-order valence-corrected chi connectivity index (χ3v) is 5.33. The Hall–Kier alpha value is -1.72. The maximum atomic E-state index is 12.4. The first-order chi connectivity index (χ1) is 12.5. The largest absolute Gasteiger partial charge is 0.380 e. The number of fused-ring (bicyclic) bond motifs is 1. The highest BCUT2D eigenvalue weighted by atomic mass is 35.5. The van der Waals surface area contributed by atoms with E-state index in [9.17, 15) is 4.79 Å². The number of nitrogens with one attached hydrogen (secondary N) is 1. The molecule has 1 N–H and O–H groups in total. The van der Waals surface area contributed by atoms with Crippen molar-refractivity contribution in [3.63, 3.8) is 0 Å². The summed E-state index contributed by atoms with van der Waals surface area (Å²) < 4.78 is 0. The molecule has 0 aromatic carbocycles. The van der Waals surface area contributed by atoms with Gasteiger partial charge in [-0.1, -0.05) is 18.5 Å². The zero-order valence-electron chi connectivity index (χ0n) is 15.8. The van der Waals surface area contributed by atoms with Crippen molar-refractivity contribution in [1.82, 2.24) is 14.9 Å². The highest BCUT2D eigenvalue weighted by Gasteiger charge is 2.24. The standard InChI is InChI=1S/C20H27ClN4O/c1-4-17(26)15-11-22-16-9-10-18(21)24-20(16)19(15)23-14-7-5-13(6-8-14)12-25(2)3/h9-11,13-14H,4-8,12H2,1-3H3,(H,22,23). The Morgan fingerprint density at radius 3 is 2.65 bits per heavy atom. The van der Waals surface area contributed by atoms with Crippen LogP contribution in [-0.4, -0.2) is 47.3 Å². The summed E-state index contributed by atoms with van der Waals surface area (Å²) in [6.45, 7) is 3.01. The topological polar surface area (TPSA) is 58.1 Å². The van der Waals surface area contributed by atoms with Crippen molar-refractivity contribution in [2.75, 3.05) is 26.0 Å². The molecule has 0 radical (unpaired) electrons. The average Bonchev–Trinajstić information content (AvgIpc) is 2.62. The Bertz CT molecular complexity index is 785. The van der Waals surface area contributed by atoms with E-state index < -0.39 is 0 Å². The SMILES string of the molecule is CCC(=O)c1cnc2ccc(Cl)nc2c1NC1CCC(CN(C)C)CC1.